The van der Waals surface area contributed by atoms with Crippen LogP contribution in [0.4, 0.5) is 0 Å². The number of carbonyl (C=O) groups excluding carboxylic acids is 1. The van der Waals surface area contributed by atoms with Crippen LogP contribution in [0.25, 0.3) is 0 Å². The van der Waals surface area contributed by atoms with Crippen molar-refractivity contribution >= 4 is 18.1 Å². The minimum Gasteiger partial charge on any atom is -0.480 e. The Morgan fingerprint density at radius 1 is 1.59 bits per heavy atom. The number of hydrogen-bond donors (Lipinski definition) is 3. The van der Waals surface area contributed by atoms with Gasteiger partial charge in [-0.1, -0.05) is 0 Å². The normalized spacial score (nSPS) is 16.5. The van der Waals surface area contributed by atoms with Gasteiger partial charge in [-0.2, -0.15) is 5.10 Å². The first-order valence-corrected chi connectivity index (χ1v) is 5.28. The summed E-state index contributed by atoms with van der Waals surface area (Å²) < 4.78 is 0. The van der Waals surface area contributed by atoms with E-state index in [0.717, 1.165) is 0 Å². The molecule has 0 saturated heterocycles. The van der Waals surface area contributed by atoms with Crippen molar-refractivity contribution in [3.8, 4) is 0 Å². The highest BCUT2D eigenvalue weighted by Gasteiger charge is 2.13. The van der Waals surface area contributed by atoms with Crippen LogP contribution in [0.1, 0.15) is 12.8 Å². The van der Waals surface area contributed by atoms with E-state index in [4.69, 9.17) is 16.6 Å². The van der Waals surface area contributed by atoms with Gasteiger partial charge in [-0.3, -0.25) is 14.6 Å². The molecule has 0 fully saturated rings. The molecule has 0 radical (unpaired) electrons. The van der Waals surface area contributed by atoms with Crippen molar-refractivity contribution in [1.29, 1.82) is 0 Å². The number of amides is 1. The summed E-state index contributed by atoms with van der Waals surface area (Å²) in [4.78, 5) is 21.3. The molecule has 5 N–H and O–H groups in total. The molecule has 1 amide bonds. The van der Waals surface area contributed by atoms with E-state index < -0.39 is 17.9 Å². The summed E-state index contributed by atoms with van der Waals surface area (Å²) in [5, 5.41) is 14.3. The Bertz CT molecular complexity index is 365. The van der Waals surface area contributed by atoms with Gasteiger partial charge in [-0.05, 0) is 18.9 Å². The van der Waals surface area contributed by atoms with Crippen molar-refractivity contribution in [1.82, 2.24) is 5.01 Å². The van der Waals surface area contributed by atoms with Gasteiger partial charge in [0, 0.05) is 6.54 Å². The second-order valence-corrected chi connectivity index (χ2v) is 3.77. The first kappa shape index (κ1) is 13.2. The van der Waals surface area contributed by atoms with Gasteiger partial charge in [-0.25, -0.2) is 0 Å². The van der Waals surface area contributed by atoms with Crippen molar-refractivity contribution in [2.24, 2.45) is 16.6 Å². The van der Waals surface area contributed by atoms with E-state index in [0.29, 0.717) is 31.5 Å². The maximum absolute atomic E-state index is 10.8. The number of hydrogen-bond acceptors (Lipinski definition) is 5. The number of primary amides is 1. The summed E-state index contributed by atoms with van der Waals surface area (Å²) in [6.07, 6.45) is 4.12. The Labute approximate surface area is 98.8 Å². The lowest BCUT2D eigenvalue weighted by Crippen LogP contribution is -2.32. The van der Waals surface area contributed by atoms with Gasteiger partial charge in [0.25, 0.3) is 0 Å². The number of hydrazone groups is 1. The van der Waals surface area contributed by atoms with Gasteiger partial charge < -0.3 is 16.6 Å². The summed E-state index contributed by atoms with van der Waals surface area (Å²) in [7, 11) is 0. The molecule has 7 nitrogen and oxygen atoms in total. The Hall–Kier alpha value is -1.89. The third-order valence-corrected chi connectivity index (χ3v) is 2.42. The maximum Gasteiger partial charge on any atom is 0.320 e. The highest BCUT2D eigenvalue weighted by atomic mass is 16.4. The molecule has 0 spiro atoms. The van der Waals surface area contributed by atoms with Crippen LogP contribution in [0.2, 0.25) is 0 Å². The average Bonchev–Trinajstić information content (AvgIpc) is 2.29. The van der Waals surface area contributed by atoms with Crippen LogP contribution < -0.4 is 11.5 Å². The molecule has 94 valence electrons. The lowest BCUT2D eigenvalue weighted by molar-refractivity contribution is -0.138. The predicted molar refractivity (Wildman–Crippen MR) is 62.2 cm³/mol. The van der Waals surface area contributed by atoms with Gasteiger partial charge in [0.15, 0.2) is 0 Å². The highest BCUT2D eigenvalue weighted by Crippen LogP contribution is 2.05. The Kier molecular flexibility index (Phi) is 4.65. The predicted octanol–water partition coefficient (Wildman–Crippen LogP) is -1.11. The second kappa shape index (κ2) is 6.00. The van der Waals surface area contributed by atoms with Crippen LogP contribution >= 0.6 is 0 Å². The summed E-state index contributed by atoms with van der Waals surface area (Å²) in [5.74, 6) is -1.50. The molecule has 0 saturated carbocycles. The number of carbonyl (C=O) groups is 2. The molecular formula is C10H16N4O3. The SMILES string of the molecule is NC(=O)C1=CCN(CCCC(N)C(=O)O)N=C1. The van der Waals surface area contributed by atoms with Gasteiger partial charge in [0.05, 0.1) is 18.3 Å². The van der Waals surface area contributed by atoms with Gasteiger partial charge >= 0.3 is 5.97 Å². The Balaban J connectivity index is 2.26. The monoisotopic (exact) mass is 240 g/mol. The van der Waals surface area contributed by atoms with Gasteiger partial charge in [0.2, 0.25) is 5.91 Å². The lowest BCUT2D eigenvalue weighted by atomic mass is 10.1. The van der Waals surface area contributed by atoms with E-state index in [-0.39, 0.29) is 0 Å². The van der Waals surface area contributed by atoms with E-state index in [1.165, 1.54) is 6.21 Å². The third-order valence-electron chi connectivity index (χ3n) is 2.42. The molecule has 0 aromatic rings. The van der Waals surface area contributed by atoms with E-state index >= 15 is 0 Å². The molecule has 0 aromatic carbocycles. The summed E-state index contributed by atoms with van der Waals surface area (Å²) in [5.41, 5.74) is 10.8. The van der Waals surface area contributed by atoms with E-state index in [1.807, 2.05) is 0 Å². The minimum atomic E-state index is -0.997. The molecule has 1 unspecified atom stereocenters. The fraction of sp³-hybridized carbons (Fsp3) is 0.500. The molecule has 1 aliphatic rings. The first-order valence-electron chi connectivity index (χ1n) is 5.28. The van der Waals surface area contributed by atoms with E-state index in [9.17, 15) is 9.59 Å². The fourth-order valence-electron chi connectivity index (χ4n) is 1.38. The molecular weight excluding hydrogens is 224 g/mol. The van der Waals surface area contributed by atoms with Crippen LogP contribution in [-0.4, -0.2) is 47.3 Å². The zero-order chi connectivity index (χ0) is 12.8. The molecule has 17 heavy (non-hydrogen) atoms. The van der Waals surface area contributed by atoms with Crippen molar-refractivity contribution in [2.45, 2.75) is 18.9 Å². The van der Waals surface area contributed by atoms with Crippen molar-refractivity contribution in [3.63, 3.8) is 0 Å². The van der Waals surface area contributed by atoms with Crippen LogP contribution in [0.3, 0.4) is 0 Å². The number of carboxylic acids is 1. The summed E-state index contributed by atoms with van der Waals surface area (Å²) in [6, 6.07) is -0.833. The van der Waals surface area contributed by atoms with E-state index in [2.05, 4.69) is 5.10 Å². The lowest BCUT2D eigenvalue weighted by Gasteiger charge is -2.20. The number of aliphatic carboxylic acids is 1. The van der Waals surface area contributed by atoms with Crippen molar-refractivity contribution in [3.05, 3.63) is 11.6 Å². The molecule has 1 aliphatic heterocycles. The summed E-state index contributed by atoms with van der Waals surface area (Å²) >= 11 is 0. The fourth-order valence-corrected chi connectivity index (χ4v) is 1.38. The van der Waals surface area contributed by atoms with Crippen molar-refractivity contribution in [2.75, 3.05) is 13.1 Å². The second-order valence-electron chi connectivity index (χ2n) is 3.77. The van der Waals surface area contributed by atoms with Crippen LogP contribution in [-0.2, 0) is 9.59 Å². The number of carboxylic acid groups (broad SMARTS) is 1. The molecule has 7 heteroatoms. The van der Waals surface area contributed by atoms with E-state index in [1.54, 1.807) is 11.1 Å². The molecule has 0 aliphatic carbocycles. The maximum atomic E-state index is 10.8. The average molecular weight is 240 g/mol. The summed E-state index contributed by atoms with van der Waals surface area (Å²) in [6.45, 7) is 1.09. The zero-order valence-electron chi connectivity index (χ0n) is 9.37. The standard InChI is InChI=1S/C10H16N4O3/c11-8(10(16)17)2-1-4-14-5-3-7(6-13-14)9(12)15/h3,6,8H,1-2,4-5,11H2,(H2,12,15)(H,16,17). The number of nitrogens with zero attached hydrogens (tertiary/aromatic N) is 2. The van der Waals surface area contributed by atoms with Crippen LogP contribution in [0, 0.1) is 0 Å². The quantitative estimate of drug-likeness (QED) is 0.543. The zero-order valence-corrected chi connectivity index (χ0v) is 9.37. The van der Waals surface area contributed by atoms with Crippen LogP contribution in [0.5, 0.6) is 0 Å². The largest absolute Gasteiger partial charge is 0.480 e. The molecule has 1 rings (SSSR count). The number of rotatable bonds is 6. The van der Waals surface area contributed by atoms with Crippen LogP contribution in [0.15, 0.2) is 16.8 Å². The van der Waals surface area contributed by atoms with Gasteiger partial charge in [-0.15, -0.1) is 0 Å². The molecule has 0 bridgehead atoms. The molecule has 1 atom stereocenters. The minimum absolute atomic E-state index is 0.392. The molecule has 1 heterocycles. The van der Waals surface area contributed by atoms with Crippen molar-refractivity contribution < 1.29 is 14.7 Å². The Morgan fingerprint density at radius 3 is 2.76 bits per heavy atom. The third kappa shape index (κ3) is 4.23. The number of nitrogens with two attached hydrogens (primary N) is 2. The first-order chi connectivity index (χ1) is 8.00. The topological polar surface area (TPSA) is 122 Å². The highest BCUT2D eigenvalue weighted by molar-refractivity contribution is 6.11. The molecule has 0 aromatic heterocycles. The Morgan fingerprint density at radius 2 is 2.29 bits per heavy atom. The smallest absolute Gasteiger partial charge is 0.320 e. The van der Waals surface area contributed by atoms with Gasteiger partial charge in [0.1, 0.15) is 6.04 Å².